The SMILES string of the molecule is CN1CCC(CC[N+]2(OC(=O)C(F)(F)F)C(=O)CN(C(=O)c3ccc(Cl)cc3)Cc3ccccc32)CC1. The zero-order valence-corrected chi connectivity index (χ0v) is 21.1. The van der Waals surface area contributed by atoms with Crippen molar-refractivity contribution in [2.45, 2.75) is 32.0 Å². The van der Waals surface area contributed by atoms with Crippen LogP contribution in [0, 0.1) is 5.92 Å². The van der Waals surface area contributed by atoms with Crippen LogP contribution in [-0.4, -0.2) is 67.0 Å². The number of carbonyl (C=O) groups is 3. The number of piperidine rings is 1. The fourth-order valence-corrected chi connectivity index (χ4v) is 5.01. The van der Waals surface area contributed by atoms with Crippen molar-refractivity contribution < 1.29 is 32.4 Å². The highest BCUT2D eigenvalue weighted by Gasteiger charge is 2.55. The van der Waals surface area contributed by atoms with E-state index in [4.69, 9.17) is 16.4 Å². The number of carbonyl (C=O) groups excluding carboxylic acids is 3. The van der Waals surface area contributed by atoms with Gasteiger partial charge >= 0.3 is 18.1 Å². The Bertz CT molecular complexity index is 1170. The standard InChI is InChI=1S/C26H28ClF3N3O4/c1-31-13-10-18(11-14-31)12-15-33(37-25(36)26(28,29)30)22-5-3-2-4-20(22)16-32(17-23(33)34)24(35)19-6-8-21(27)9-7-19/h2-9,18H,10-17H2,1H3/q+1. The van der Waals surface area contributed by atoms with Crippen LogP contribution in [0.4, 0.5) is 18.9 Å². The van der Waals surface area contributed by atoms with E-state index in [0.29, 0.717) is 17.0 Å². The molecule has 2 aliphatic heterocycles. The van der Waals surface area contributed by atoms with Gasteiger partial charge in [0.25, 0.3) is 5.91 Å². The van der Waals surface area contributed by atoms with Gasteiger partial charge in [0.15, 0.2) is 5.69 Å². The molecule has 1 fully saturated rings. The molecule has 0 aliphatic carbocycles. The molecule has 0 saturated carbocycles. The summed E-state index contributed by atoms with van der Waals surface area (Å²) in [6.07, 6.45) is -3.27. The predicted octanol–water partition coefficient (Wildman–Crippen LogP) is 4.58. The Kier molecular flexibility index (Phi) is 7.91. The first-order chi connectivity index (χ1) is 17.5. The summed E-state index contributed by atoms with van der Waals surface area (Å²) in [5, 5.41) is 0.428. The Morgan fingerprint density at radius 1 is 1.05 bits per heavy atom. The summed E-state index contributed by atoms with van der Waals surface area (Å²) in [4.78, 5) is 47.7. The molecule has 37 heavy (non-hydrogen) atoms. The van der Waals surface area contributed by atoms with Gasteiger partial charge < -0.3 is 9.80 Å². The second-order valence-corrected chi connectivity index (χ2v) is 10.0. The van der Waals surface area contributed by atoms with Gasteiger partial charge in [-0.2, -0.15) is 13.2 Å². The molecule has 2 aliphatic rings. The average Bonchev–Trinajstić information content (AvgIpc) is 2.98. The smallest absolute Gasteiger partial charge is 0.320 e. The first-order valence-electron chi connectivity index (χ1n) is 12.0. The Balaban J connectivity index is 1.72. The van der Waals surface area contributed by atoms with Gasteiger partial charge in [0, 0.05) is 28.6 Å². The molecule has 2 amide bonds. The highest BCUT2D eigenvalue weighted by molar-refractivity contribution is 6.30. The molecule has 0 spiro atoms. The molecule has 1 saturated heterocycles. The second-order valence-electron chi connectivity index (χ2n) is 9.57. The molecule has 7 nitrogen and oxygen atoms in total. The van der Waals surface area contributed by atoms with Crippen molar-refractivity contribution in [1.82, 2.24) is 14.4 Å². The number of hydrogen-bond acceptors (Lipinski definition) is 5. The molecule has 4 rings (SSSR count). The number of quaternary nitrogens is 1. The summed E-state index contributed by atoms with van der Waals surface area (Å²) < 4.78 is 39.0. The van der Waals surface area contributed by atoms with Gasteiger partial charge in [-0.1, -0.05) is 29.8 Å². The molecule has 0 N–H and O–H groups in total. The molecule has 11 heteroatoms. The van der Waals surface area contributed by atoms with Crippen LogP contribution in [0.3, 0.4) is 0 Å². The Labute approximate surface area is 217 Å². The van der Waals surface area contributed by atoms with E-state index in [1.165, 1.54) is 35.2 Å². The van der Waals surface area contributed by atoms with Crippen LogP contribution in [0.25, 0.3) is 0 Å². The summed E-state index contributed by atoms with van der Waals surface area (Å²) >= 11 is 5.92. The number of likely N-dealkylation sites (tertiary alicyclic amines) is 1. The minimum absolute atomic E-state index is 0.0405. The van der Waals surface area contributed by atoms with E-state index in [0.717, 1.165) is 25.9 Å². The number of halogens is 4. The summed E-state index contributed by atoms with van der Waals surface area (Å²) in [5.74, 6) is -3.60. The molecule has 198 valence electrons. The number of para-hydroxylation sites is 1. The lowest BCUT2D eigenvalue weighted by Gasteiger charge is -2.34. The van der Waals surface area contributed by atoms with Gasteiger partial charge in [-0.25, -0.2) is 9.59 Å². The lowest BCUT2D eigenvalue weighted by molar-refractivity contribution is -0.234. The van der Waals surface area contributed by atoms with Crippen LogP contribution in [0.1, 0.15) is 35.2 Å². The van der Waals surface area contributed by atoms with Crippen molar-refractivity contribution in [2.75, 3.05) is 33.2 Å². The maximum Gasteiger partial charge on any atom is 0.497 e. The highest BCUT2D eigenvalue weighted by Crippen LogP contribution is 2.36. The summed E-state index contributed by atoms with van der Waals surface area (Å²) in [7, 11) is 2.00. The van der Waals surface area contributed by atoms with Crippen molar-refractivity contribution in [2.24, 2.45) is 5.92 Å². The van der Waals surface area contributed by atoms with Crippen LogP contribution in [-0.2, 0) is 21.0 Å². The highest BCUT2D eigenvalue weighted by atomic mass is 35.5. The van der Waals surface area contributed by atoms with Gasteiger partial charge in [-0.3, -0.25) is 9.63 Å². The number of amides is 2. The van der Waals surface area contributed by atoms with E-state index in [1.807, 2.05) is 7.05 Å². The first kappa shape index (κ1) is 27.1. The normalized spacial score (nSPS) is 21.3. The monoisotopic (exact) mass is 538 g/mol. The summed E-state index contributed by atoms with van der Waals surface area (Å²) in [6, 6.07) is 12.5. The third kappa shape index (κ3) is 5.97. The lowest BCUT2D eigenvalue weighted by atomic mass is 9.93. The minimum atomic E-state index is -5.29. The van der Waals surface area contributed by atoms with E-state index in [1.54, 1.807) is 18.2 Å². The third-order valence-electron chi connectivity index (χ3n) is 7.01. The van der Waals surface area contributed by atoms with Crippen molar-refractivity contribution in [3.63, 3.8) is 0 Å². The van der Waals surface area contributed by atoms with E-state index < -0.39 is 35.2 Å². The number of hydroxylamine groups is 2. The second kappa shape index (κ2) is 10.8. The van der Waals surface area contributed by atoms with Crippen molar-refractivity contribution in [1.29, 1.82) is 0 Å². The van der Waals surface area contributed by atoms with Crippen LogP contribution in [0.2, 0.25) is 5.02 Å². The molecule has 1 unspecified atom stereocenters. The number of benzene rings is 2. The van der Waals surface area contributed by atoms with Crippen molar-refractivity contribution >= 4 is 35.1 Å². The number of alkyl halides is 3. The average molecular weight is 539 g/mol. The van der Waals surface area contributed by atoms with Crippen LogP contribution < -0.4 is 4.65 Å². The molecule has 1 atom stereocenters. The van der Waals surface area contributed by atoms with Crippen LogP contribution in [0.15, 0.2) is 48.5 Å². The molecule has 0 bridgehead atoms. The van der Waals surface area contributed by atoms with Gasteiger partial charge in [-0.05, 0) is 67.8 Å². The van der Waals surface area contributed by atoms with Crippen LogP contribution in [0.5, 0.6) is 0 Å². The van der Waals surface area contributed by atoms with Gasteiger partial charge in [0.2, 0.25) is 0 Å². The van der Waals surface area contributed by atoms with Crippen molar-refractivity contribution in [3.05, 3.63) is 64.7 Å². The molecular formula is C26H28ClF3N3O4+. The summed E-state index contributed by atoms with van der Waals surface area (Å²) in [5.41, 5.74) is 0.826. The topological polar surface area (TPSA) is 66.9 Å². The van der Waals surface area contributed by atoms with Gasteiger partial charge in [0.1, 0.15) is 13.1 Å². The number of nitrogens with zero attached hydrogens (tertiary/aromatic N) is 3. The van der Waals surface area contributed by atoms with E-state index in [9.17, 15) is 27.6 Å². The molecule has 0 radical (unpaired) electrons. The fraction of sp³-hybridized carbons (Fsp3) is 0.423. The molecule has 2 aromatic carbocycles. The van der Waals surface area contributed by atoms with E-state index >= 15 is 0 Å². The lowest BCUT2D eigenvalue weighted by Crippen LogP contribution is -2.60. The minimum Gasteiger partial charge on any atom is -0.320 e. The van der Waals surface area contributed by atoms with Crippen LogP contribution >= 0.6 is 11.6 Å². The first-order valence-corrected chi connectivity index (χ1v) is 12.4. The quantitative estimate of drug-likeness (QED) is 0.521. The maximum absolute atomic E-state index is 13.8. The number of rotatable bonds is 5. The molecule has 2 aromatic rings. The van der Waals surface area contributed by atoms with E-state index in [-0.39, 0.29) is 30.3 Å². The predicted molar refractivity (Wildman–Crippen MR) is 131 cm³/mol. The third-order valence-corrected chi connectivity index (χ3v) is 7.26. The summed E-state index contributed by atoms with van der Waals surface area (Å²) in [6.45, 7) is 0.937. The Morgan fingerprint density at radius 2 is 1.70 bits per heavy atom. The van der Waals surface area contributed by atoms with Gasteiger partial charge in [0.05, 0.1) is 6.54 Å². The fourth-order valence-electron chi connectivity index (χ4n) is 4.89. The van der Waals surface area contributed by atoms with Crippen molar-refractivity contribution in [3.8, 4) is 0 Å². The molecule has 0 aromatic heterocycles. The number of fused-ring (bicyclic) bond motifs is 1. The van der Waals surface area contributed by atoms with Gasteiger partial charge in [-0.15, -0.1) is 0 Å². The molecule has 2 heterocycles. The Hall–Kier alpha value is -2.95. The molecular weight excluding hydrogens is 511 g/mol. The zero-order valence-electron chi connectivity index (χ0n) is 20.3. The Morgan fingerprint density at radius 3 is 2.35 bits per heavy atom. The zero-order chi connectivity index (χ0) is 26.8. The number of hydrogen-bond donors (Lipinski definition) is 0. The maximum atomic E-state index is 13.8. The largest absolute Gasteiger partial charge is 0.497 e. The van der Waals surface area contributed by atoms with E-state index in [2.05, 4.69) is 4.90 Å².